The van der Waals surface area contributed by atoms with Crippen molar-refractivity contribution in [2.24, 2.45) is 0 Å². The van der Waals surface area contributed by atoms with Crippen LogP contribution in [0.25, 0.3) is 5.69 Å². The Labute approximate surface area is 123 Å². The average molecular weight is 335 g/mol. The highest BCUT2D eigenvalue weighted by atomic mass is 79.9. The predicted molar refractivity (Wildman–Crippen MR) is 80.7 cm³/mol. The number of nitrogens with zero attached hydrogens (tertiary/aromatic N) is 3. The lowest BCUT2D eigenvalue weighted by Crippen LogP contribution is -2.04. The summed E-state index contributed by atoms with van der Waals surface area (Å²) in [6, 6.07) is 10.2. The fourth-order valence-corrected chi connectivity index (χ4v) is 3.00. The summed E-state index contributed by atoms with van der Waals surface area (Å²) in [4.78, 5) is 0. The summed E-state index contributed by atoms with van der Waals surface area (Å²) in [6.45, 7) is 0.786. The van der Waals surface area contributed by atoms with Crippen molar-refractivity contribution in [3.8, 4) is 5.69 Å². The molecule has 0 amide bonds. The summed E-state index contributed by atoms with van der Waals surface area (Å²) in [5.74, 6) is 0. The van der Waals surface area contributed by atoms with Crippen LogP contribution in [0.15, 0.2) is 51.9 Å². The summed E-state index contributed by atoms with van der Waals surface area (Å²) >= 11 is 5.16. The van der Waals surface area contributed by atoms with Gasteiger partial charge in [0.25, 0.3) is 0 Å². The van der Waals surface area contributed by atoms with E-state index in [-0.39, 0.29) is 0 Å². The second-order valence-electron chi connectivity index (χ2n) is 3.98. The van der Waals surface area contributed by atoms with Crippen molar-refractivity contribution in [3.05, 3.63) is 57.5 Å². The molecule has 3 aromatic rings. The van der Waals surface area contributed by atoms with E-state index in [1.807, 2.05) is 30.5 Å². The number of aromatic nitrogens is 3. The third-order valence-corrected chi connectivity index (χ3v) is 4.23. The first-order valence-corrected chi connectivity index (χ1v) is 7.43. The first kappa shape index (κ1) is 12.4. The maximum atomic E-state index is 4.03. The molecule has 19 heavy (non-hydrogen) atoms. The molecule has 0 atom stereocenters. The smallest absolute Gasteiger partial charge is 0.0894 e. The van der Waals surface area contributed by atoms with Gasteiger partial charge in [-0.25, -0.2) is 4.68 Å². The quantitative estimate of drug-likeness (QED) is 0.790. The van der Waals surface area contributed by atoms with Crippen LogP contribution in [0.5, 0.6) is 0 Å². The molecule has 0 saturated heterocycles. The minimum atomic E-state index is 0.786. The van der Waals surface area contributed by atoms with E-state index >= 15 is 0 Å². The second-order valence-corrected chi connectivity index (χ2v) is 6.27. The number of hydrogen-bond donors (Lipinski definition) is 1. The van der Waals surface area contributed by atoms with Gasteiger partial charge in [0.1, 0.15) is 0 Å². The number of rotatable bonds is 4. The van der Waals surface area contributed by atoms with Crippen LogP contribution >= 0.6 is 27.3 Å². The van der Waals surface area contributed by atoms with Crippen molar-refractivity contribution in [3.63, 3.8) is 0 Å². The zero-order chi connectivity index (χ0) is 13.1. The predicted octanol–water partition coefficient (Wildman–Crippen LogP) is 3.70. The molecule has 6 heteroatoms. The second kappa shape index (κ2) is 5.54. The number of benzene rings is 1. The fourth-order valence-electron chi connectivity index (χ4n) is 1.80. The van der Waals surface area contributed by atoms with E-state index in [2.05, 4.69) is 43.0 Å². The normalized spacial score (nSPS) is 10.6. The molecule has 1 aromatic carbocycles. The maximum absolute atomic E-state index is 4.03. The number of nitrogens with one attached hydrogen (secondary N) is 1. The molecule has 0 fully saturated rings. The van der Waals surface area contributed by atoms with E-state index in [0.29, 0.717) is 0 Å². The van der Waals surface area contributed by atoms with Gasteiger partial charge in [-0.2, -0.15) is 0 Å². The lowest BCUT2D eigenvalue weighted by molar-refractivity contribution is 0.803. The number of anilines is 1. The van der Waals surface area contributed by atoms with E-state index in [4.69, 9.17) is 0 Å². The third-order valence-electron chi connectivity index (χ3n) is 2.68. The van der Waals surface area contributed by atoms with Gasteiger partial charge in [0.2, 0.25) is 0 Å². The molecule has 0 aliphatic carbocycles. The summed E-state index contributed by atoms with van der Waals surface area (Å²) in [5.41, 5.74) is 3.29. The minimum Gasteiger partial charge on any atom is -0.379 e. The Morgan fingerprint density at radius 3 is 2.95 bits per heavy atom. The van der Waals surface area contributed by atoms with Crippen molar-refractivity contribution in [1.82, 2.24) is 15.0 Å². The van der Waals surface area contributed by atoms with Gasteiger partial charge in [-0.15, -0.1) is 16.4 Å². The van der Waals surface area contributed by atoms with E-state index in [0.717, 1.165) is 21.7 Å². The van der Waals surface area contributed by atoms with Gasteiger partial charge < -0.3 is 5.32 Å². The topological polar surface area (TPSA) is 42.7 Å². The third kappa shape index (κ3) is 2.85. The van der Waals surface area contributed by atoms with Gasteiger partial charge in [-0.05, 0) is 45.1 Å². The molecule has 0 aliphatic heterocycles. The SMILES string of the molecule is Brc1cc(CNc2ccccc2-n2ccnn2)cs1. The average Bonchev–Trinajstić information content (AvgIpc) is 3.08. The van der Waals surface area contributed by atoms with Crippen LogP contribution in [0.1, 0.15) is 5.56 Å². The van der Waals surface area contributed by atoms with Crippen molar-refractivity contribution in [2.75, 3.05) is 5.32 Å². The molecule has 2 heterocycles. The Bertz CT molecular complexity index is 663. The molecule has 0 saturated carbocycles. The maximum Gasteiger partial charge on any atom is 0.0894 e. The molecule has 0 spiro atoms. The molecular formula is C13H11BrN4S. The zero-order valence-electron chi connectivity index (χ0n) is 9.95. The molecule has 1 N–H and O–H groups in total. The standard InChI is InChI=1S/C13H11BrN4S/c14-13-7-10(9-19-13)8-15-11-3-1-2-4-12(11)18-6-5-16-17-18/h1-7,9,15H,8H2. The van der Waals surface area contributed by atoms with Gasteiger partial charge in [0.15, 0.2) is 0 Å². The molecule has 0 radical (unpaired) electrons. The first-order valence-electron chi connectivity index (χ1n) is 5.75. The van der Waals surface area contributed by atoms with Crippen LogP contribution in [-0.4, -0.2) is 15.0 Å². The van der Waals surface area contributed by atoms with E-state index in [9.17, 15) is 0 Å². The summed E-state index contributed by atoms with van der Waals surface area (Å²) in [7, 11) is 0. The van der Waals surface area contributed by atoms with E-state index < -0.39 is 0 Å². The lowest BCUT2D eigenvalue weighted by atomic mass is 10.2. The molecule has 96 valence electrons. The number of hydrogen-bond acceptors (Lipinski definition) is 4. The highest BCUT2D eigenvalue weighted by Crippen LogP contribution is 2.23. The van der Waals surface area contributed by atoms with E-state index in [1.54, 1.807) is 22.2 Å². The van der Waals surface area contributed by atoms with Crippen LogP contribution in [0, 0.1) is 0 Å². The van der Waals surface area contributed by atoms with Crippen molar-refractivity contribution < 1.29 is 0 Å². The first-order chi connectivity index (χ1) is 9.33. The molecule has 2 aromatic heterocycles. The van der Waals surface area contributed by atoms with Gasteiger partial charge >= 0.3 is 0 Å². The van der Waals surface area contributed by atoms with Gasteiger partial charge in [0.05, 0.1) is 27.6 Å². The van der Waals surface area contributed by atoms with Crippen molar-refractivity contribution in [1.29, 1.82) is 0 Å². The zero-order valence-corrected chi connectivity index (χ0v) is 12.4. The van der Waals surface area contributed by atoms with Crippen LogP contribution in [0.2, 0.25) is 0 Å². The summed E-state index contributed by atoms with van der Waals surface area (Å²) in [6.07, 6.45) is 3.51. The summed E-state index contributed by atoms with van der Waals surface area (Å²) in [5, 5.41) is 13.4. The largest absolute Gasteiger partial charge is 0.379 e. The Morgan fingerprint density at radius 2 is 2.21 bits per heavy atom. The molecule has 0 bridgehead atoms. The lowest BCUT2D eigenvalue weighted by Gasteiger charge is -2.10. The highest BCUT2D eigenvalue weighted by molar-refractivity contribution is 9.11. The Balaban J connectivity index is 1.81. The van der Waals surface area contributed by atoms with Crippen molar-refractivity contribution >= 4 is 33.0 Å². The van der Waals surface area contributed by atoms with Crippen LogP contribution in [0.4, 0.5) is 5.69 Å². The van der Waals surface area contributed by atoms with Gasteiger partial charge in [-0.1, -0.05) is 17.3 Å². The van der Waals surface area contributed by atoms with Crippen LogP contribution in [-0.2, 0) is 6.54 Å². The Kier molecular flexibility index (Phi) is 3.61. The van der Waals surface area contributed by atoms with Gasteiger partial charge in [0, 0.05) is 6.54 Å². The fraction of sp³-hybridized carbons (Fsp3) is 0.0769. The highest BCUT2D eigenvalue weighted by Gasteiger charge is 2.04. The van der Waals surface area contributed by atoms with E-state index in [1.165, 1.54) is 5.56 Å². The Morgan fingerprint density at radius 1 is 1.32 bits per heavy atom. The molecule has 4 nitrogen and oxygen atoms in total. The van der Waals surface area contributed by atoms with Crippen LogP contribution in [0.3, 0.4) is 0 Å². The molecule has 0 unspecified atom stereocenters. The number of para-hydroxylation sites is 2. The van der Waals surface area contributed by atoms with Gasteiger partial charge in [-0.3, -0.25) is 0 Å². The van der Waals surface area contributed by atoms with Crippen LogP contribution < -0.4 is 5.32 Å². The monoisotopic (exact) mass is 334 g/mol. The number of halogens is 1. The summed E-state index contributed by atoms with van der Waals surface area (Å²) < 4.78 is 2.90. The molecule has 3 rings (SSSR count). The molecule has 0 aliphatic rings. The molecular weight excluding hydrogens is 324 g/mol. The Hall–Kier alpha value is -1.66. The number of thiophene rings is 1. The van der Waals surface area contributed by atoms with Crippen molar-refractivity contribution in [2.45, 2.75) is 6.54 Å². The minimum absolute atomic E-state index is 0.786.